The topological polar surface area (TPSA) is 86.7 Å². The van der Waals surface area contributed by atoms with Crippen LogP contribution < -0.4 is 8.37 Å². The van der Waals surface area contributed by atoms with Crippen molar-refractivity contribution in [3.05, 3.63) is 77.5 Å². The summed E-state index contributed by atoms with van der Waals surface area (Å²) in [5, 5.41) is 1.38. The summed E-state index contributed by atoms with van der Waals surface area (Å²) in [6, 6.07) is 12.3. The van der Waals surface area contributed by atoms with Gasteiger partial charge in [0.15, 0.2) is 11.5 Å². The molecule has 280 valence electrons. The fourth-order valence-corrected chi connectivity index (χ4v) is 7.16. The van der Waals surface area contributed by atoms with Crippen LogP contribution >= 0.6 is 63.7 Å². The van der Waals surface area contributed by atoms with Gasteiger partial charge in [-0.25, -0.2) is 0 Å². The van der Waals surface area contributed by atoms with Gasteiger partial charge in [0.25, 0.3) is 0 Å². The number of unbranched alkanes of at least 4 members (excludes halogenated alkanes) is 4. The van der Waals surface area contributed by atoms with Gasteiger partial charge in [-0.2, -0.15) is 43.2 Å². The first-order chi connectivity index (χ1) is 24.2. The Labute approximate surface area is 330 Å². The smallest absolute Gasteiger partial charge is 0.374 e. The van der Waals surface area contributed by atoms with Crippen LogP contribution in [0, 0.1) is 23.7 Å². The Morgan fingerprint density at radius 2 is 0.846 bits per heavy atom. The molecule has 0 radical (unpaired) electrons. The molecule has 18 heteroatoms. The van der Waals surface area contributed by atoms with E-state index in [4.69, 9.17) is 0 Å². The molecule has 0 amide bonds. The van der Waals surface area contributed by atoms with E-state index in [0.29, 0.717) is 0 Å². The molecule has 6 nitrogen and oxygen atoms in total. The maximum Gasteiger partial charge on any atom is 0.534 e. The van der Waals surface area contributed by atoms with Gasteiger partial charge in [0.05, 0.1) is 8.95 Å². The van der Waals surface area contributed by atoms with Crippen LogP contribution in [0.15, 0.2) is 66.4 Å². The average molecular weight is 1030 g/mol. The van der Waals surface area contributed by atoms with Crippen LogP contribution in [0.1, 0.15) is 63.5 Å². The Hall–Kier alpha value is -2.48. The minimum Gasteiger partial charge on any atom is -0.374 e. The van der Waals surface area contributed by atoms with Gasteiger partial charge in [0.2, 0.25) is 0 Å². The number of benzene rings is 4. The molecule has 0 saturated heterocycles. The normalized spacial score (nSPS) is 11.9. The van der Waals surface area contributed by atoms with E-state index in [2.05, 4.69) is 134 Å². The van der Waals surface area contributed by atoms with E-state index in [1.165, 1.54) is 12.8 Å². The summed E-state index contributed by atoms with van der Waals surface area (Å²) in [4.78, 5) is 0. The lowest BCUT2D eigenvalue weighted by Crippen LogP contribution is -2.28. The van der Waals surface area contributed by atoms with Gasteiger partial charge in [-0.05, 0) is 124 Å². The van der Waals surface area contributed by atoms with Gasteiger partial charge in [-0.3, -0.25) is 0 Å². The second-order valence-corrected chi connectivity index (χ2v) is 17.1. The van der Waals surface area contributed by atoms with E-state index in [0.717, 1.165) is 80.8 Å². The molecule has 0 bridgehead atoms. The van der Waals surface area contributed by atoms with Crippen molar-refractivity contribution in [2.75, 3.05) is 0 Å². The lowest BCUT2D eigenvalue weighted by Gasteiger charge is -2.16. The highest BCUT2D eigenvalue weighted by atomic mass is 79.9. The number of alkyl halides is 6. The summed E-state index contributed by atoms with van der Waals surface area (Å²) in [5.74, 6) is 11.4. The fourth-order valence-electron chi connectivity index (χ4n) is 4.22. The maximum absolute atomic E-state index is 12.6. The molecule has 4 aromatic rings. The van der Waals surface area contributed by atoms with Gasteiger partial charge >= 0.3 is 31.3 Å². The Balaban J connectivity index is 0.000000284. The predicted molar refractivity (Wildman–Crippen MR) is 203 cm³/mol. The summed E-state index contributed by atoms with van der Waals surface area (Å²) in [6.45, 7) is 4.38. The van der Waals surface area contributed by atoms with Gasteiger partial charge in [-0.15, -0.1) is 0 Å². The van der Waals surface area contributed by atoms with E-state index in [1.54, 1.807) is 0 Å². The van der Waals surface area contributed by atoms with Crippen molar-refractivity contribution in [1.29, 1.82) is 0 Å². The fraction of sp³-hybridized carbons (Fsp3) is 0.294. The first-order valence-electron chi connectivity index (χ1n) is 15.0. The quantitative estimate of drug-likeness (QED) is 0.0575. The zero-order chi connectivity index (χ0) is 39.1. The largest absolute Gasteiger partial charge is 0.534 e. The lowest BCUT2D eigenvalue weighted by atomic mass is 10.00. The van der Waals surface area contributed by atoms with E-state index in [-0.39, 0.29) is 8.95 Å². The van der Waals surface area contributed by atoms with E-state index >= 15 is 0 Å². The first-order valence-corrected chi connectivity index (χ1v) is 21.0. The third kappa shape index (κ3) is 10.8. The van der Waals surface area contributed by atoms with Crippen LogP contribution in [-0.2, 0) is 20.2 Å². The SMILES string of the molecule is CCCCC#Cc1c(Br)ccc2c(C#CCCCC)c(Br)ccc12.O=S(=O)(Oc1c(Br)ccc2c(OS(=O)(=O)C(F)(F)F)c(Br)ccc12)C(F)(F)F. The van der Waals surface area contributed by atoms with Crippen molar-refractivity contribution in [1.82, 2.24) is 0 Å². The third-order valence-electron chi connectivity index (χ3n) is 6.80. The molecule has 4 aromatic carbocycles. The highest BCUT2D eigenvalue weighted by Gasteiger charge is 2.50. The van der Waals surface area contributed by atoms with E-state index in [1.807, 2.05) is 0 Å². The van der Waals surface area contributed by atoms with Crippen molar-refractivity contribution in [3.8, 4) is 35.2 Å². The molecule has 0 aromatic heterocycles. The second kappa shape index (κ2) is 18.2. The number of hydrogen-bond acceptors (Lipinski definition) is 6. The summed E-state index contributed by atoms with van der Waals surface area (Å²) >= 11 is 12.8. The standard InChI is InChI=1S/C22H22Br2.C12H4Br2F6O6S2/c1-3-5-7-9-11-19-17-13-16-22(24)20(12-10-8-6-4-2)18(17)14-15-21(19)23;13-7-3-1-5-6(10(7)26-28(23,24)12(18,19)20)2-4-8(14)9(5)25-27(21,22)11(15,16)17/h13-16H,3-8H2,1-2H3;1-4H. The Kier molecular flexibility index (Phi) is 15.4. The molecule has 0 unspecified atom stereocenters. The van der Waals surface area contributed by atoms with Crippen LogP contribution in [0.5, 0.6) is 11.5 Å². The number of halogens is 10. The number of rotatable bonds is 8. The molecule has 0 fully saturated rings. The van der Waals surface area contributed by atoms with Gasteiger partial charge in [-0.1, -0.05) is 62.5 Å². The highest BCUT2D eigenvalue weighted by Crippen LogP contribution is 2.44. The minimum atomic E-state index is -6.13. The molecule has 0 N–H and O–H groups in total. The second-order valence-electron chi connectivity index (χ2n) is 10.6. The van der Waals surface area contributed by atoms with Crippen molar-refractivity contribution in [2.45, 2.75) is 63.4 Å². The predicted octanol–water partition coefficient (Wildman–Crippen LogP) is 12.3. The van der Waals surface area contributed by atoms with Crippen LogP contribution in [0.25, 0.3) is 21.5 Å². The number of hydrogen-bond donors (Lipinski definition) is 0. The third-order valence-corrected chi connectivity index (χ3v) is 11.3. The molecule has 0 spiro atoms. The maximum atomic E-state index is 12.6. The molecule has 0 aliphatic carbocycles. The molecule has 0 heterocycles. The van der Waals surface area contributed by atoms with E-state index in [9.17, 15) is 43.2 Å². The van der Waals surface area contributed by atoms with E-state index < -0.39 is 53.5 Å². The highest BCUT2D eigenvalue weighted by molar-refractivity contribution is 9.11. The summed E-state index contributed by atoms with van der Waals surface area (Å²) in [7, 11) is -12.3. The Morgan fingerprint density at radius 3 is 1.15 bits per heavy atom. The molecule has 0 atom stereocenters. The summed E-state index contributed by atoms with van der Waals surface area (Å²) < 4.78 is 130. The molecular weight excluding hydrogens is 1000 g/mol. The van der Waals surface area contributed by atoms with Gasteiger partial charge in [0, 0.05) is 43.7 Å². The minimum absolute atomic E-state index is 0.306. The first kappa shape index (κ1) is 43.9. The average Bonchev–Trinajstić information content (AvgIpc) is 3.04. The zero-order valence-corrected chi connectivity index (χ0v) is 34.9. The van der Waals surface area contributed by atoms with Crippen LogP contribution in [-0.4, -0.2) is 27.9 Å². The van der Waals surface area contributed by atoms with Crippen LogP contribution in [0.2, 0.25) is 0 Å². The van der Waals surface area contributed by atoms with Crippen molar-refractivity contribution < 1.29 is 51.5 Å². The number of fused-ring (bicyclic) bond motifs is 2. The van der Waals surface area contributed by atoms with Crippen molar-refractivity contribution in [2.24, 2.45) is 0 Å². The lowest BCUT2D eigenvalue weighted by molar-refractivity contribution is -0.0505. The van der Waals surface area contributed by atoms with Gasteiger partial charge in [0.1, 0.15) is 0 Å². The molecular formula is C34H26Br4F6O6S2. The van der Waals surface area contributed by atoms with Crippen LogP contribution in [0.3, 0.4) is 0 Å². The monoisotopic (exact) mass is 1020 g/mol. The molecule has 0 aliphatic heterocycles. The summed E-state index contributed by atoms with van der Waals surface area (Å²) in [6.07, 6.45) is 6.54. The molecule has 4 rings (SSSR count). The van der Waals surface area contributed by atoms with Gasteiger partial charge < -0.3 is 8.37 Å². The Morgan fingerprint density at radius 1 is 0.538 bits per heavy atom. The molecule has 0 saturated carbocycles. The summed E-state index contributed by atoms with van der Waals surface area (Å²) in [5.41, 5.74) is -9.45. The Bertz CT molecular complexity index is 2140. The zero-order valence-electron chi connectivity index (χ0n) is 26.9. The van der Waals surface area contributed by atoms with Crippen molar-refractivity contribution in [3.63, 3.8) is 0 Å². The van der Waals surface area contributed by atoms with Crippen molar-refractivity contribution >= 4 is 106 Å². The molecule has 0 aliphatic rings. The van der Waals surface area contributed by atoms with Crippen LogP contribution in [0.4, 0.5) is 26.3 Å². The molecule has 52 heavy (non-hydrogen) atoms.